The molecule has 0 saturated heterocycles. The third-order valence-electron chi connectivity index (χ3n) is 2.37. The van der Waals surface area contributed by atoms with Gasteiger partial charge in [0.05, 0.1) is 12.8 Å². The molecule has 1 aromatic heterocycles. The van der Waals surface area contributed by atoms with Gasteiger partial charge in [-0.25, -0.2) is 0 Å². The number of hydrogen-bond acceptors (Lipinski definition) is 4. The average molecular weight is 217 g/mol. The second-order valence-electron chi connectivity index (χ2n) is 3.78. The number of aromatic nitrogens is 2. The Morgan fingerprint density at radius 3 is 3.00 bits per heavy atom. The Morgan fingerprint density at radius 1 is 1.38 bits per heavy atom. The van der Waals surface area contributed by atoms with Crippen LogP contribution in [0.2, 0.25) is 0 Å². The zero-order chi connectivity index (χ0) is 11.4. The molecule has 1 aromatic carbocycles. The quantitative estimate of drug-likeness (QED) is 0.851. The molecule has 4 heteroatoms. The molecule has 1 atom stereocenters. The summed E-state index contributed by atoms with van der Waals surface area (Å²) in [6.45, 7) is 2.69. The molecule has 0 bridgehead atoms. The highest BCUT2D eigenvalue weighted by Gasteiger charge is 2.06. The Morgan fingerprint density at radius 2 is 2.19 bits per heavy atom. The van der Waals surface area contributed by atoms with E-state index < -0.39 is 0 Å². The number of rotatable bonds is 4. The third-order valence-corrected chi connectivity index (χ3v) is 2.37. The van der Waals surface area contributed by atoms with Crippen LogP contribution in [0.15, 0.2) is 30.5 Å². The van der Waals surface area contributed by atoms with Crippen molar-refractivity contribution in [3.8, 4) is 0 Å². The molecule has 0 spiro atoms. The monoisotopic (exact) mass is 217 g/mol. The molecule has 0 saturated carbocycles. The maximum Gasteiger partial charge on any atom is 0.156 e. The van der Waals surface area contributed by atoms with E-state index in [0.717, 1.165) is 16.6 Å². The first-order valence-corrected chi connectivity index (χ1v) is 5.27. The van der Waals surface area contributed by atoms with Crippen molar-refractivity contribution in [3.63, 3.8) is 0 Å². The number of anilines is 1. The minimum Gasteiger partial charge on any atom is -0.383 e. The van der Waals surface area contributed by atoms with Crippen molar-refractivity contribution in [1.82, 2.24) is 10.2 Å². The highest BCUT2D eigenvalue weighted by molar-refractivity contribution is 5.90. The van der Waals surface area contributed by atoms with Crippen LogP contribution < -0.4 is 5.32 Å². The Bertz CT molecular complexity index is 467. The van der Waals surface area contributed by atoms with Gasteiger partial charge in [-0.05, 0) is 6.92 Å². The minimum atomic E-state index is 0.213. The van der Waals surface area contributed by atoms with E-state index >= 15 is 0 Å². The SMILES string of the molecule is COCC(C)Nc1nncc2ccccc12. The molecule has 16 heavy (non-hydrogen) atoms. The Kier molecular flexibility index (Phi) is 3.31. The van der Waals surface area contributed by atoms with Gasteiger partial charge in [-0.2, -0.15) is 5.10 Å². The lowest BCUT2D eigenvalue weighted by Gasteiger charge is -2.14. The summed E-state index contributed by atoms with van der Waals surface area (Å²) in [5, 5.41) is 13.5. The summed E-state index contributed by atoms with van der Waals surface area (Å²) in [5.41, 5.74) is 0. The van der Waals surface area contributed by atoms with Gasteiger partial charge in [0.2, 0.25) is 0 Å². The second kappa shape index (κ2) is 4.90. The Hall–Kier alpha value is -1.68. The van der Waals surface area contributed by atoms with Crippen LogP contribution in [-0.4, -0.2) is 30.0 Å². The molecule has 0 aliphatic heterocycles. The van der Waals surface area contributed by atoms with E-state index in [1.807, 2.05) is 31.2 Å². The van der Waals surface area contributed by atoms with Crippen molar-refractivity contribution >= 4 is 16.6 Å². The van der Waals surface area contributed by atoms with Crippen molar-refractivity contribution in [1.29, 1.82) is 0 Å². The molecule has 1 N–H and O–H groups in total. The molecule has 84 valence electrons. The molecule has 0 radical (unpaired) electrons. The van der Waals surface area contributed by atoms with Crippen molar-refractivity contribution in [2.24, 2.45) is 0 Å². The van der Waals surface area contributed by atoms with Crippen molar-refractivity contribution in [3.05, 3.63) is 30.5 Å². The van der Waals surface area contributed by atoms with E-state index in [-0.39, 0.29) is 6.04 Å². The molecular weight excluding hydrogens is 202 g/mol. The van der Waals surface area contributed by atoms with E-state index in [1.54, 1.807) is 13.3 Å². The number of fused-ring (bicyclic) bond motifs is 1. The summed E-state index contributed by atoms with van der Waals surface area (Å²) >= 11 is 0. The van der Waals surface area contributed by atoms with Gasteiger partial charge in [0, 0.05) is 23.9 Å². The fourth-order valence-corrected chi connectivity index (χ4v) is 1.66. The smallest absolute Gasteiger partial charge is 0.156 e. The first-order chi connectivity index (χ1) is 7.81. The summed E-state index contributed by atoms with van der Waals surface area (Å²) in [6, 6.07) is 8.26. The number of nitrogens with zero attached hydrogens (tertiary/aromatic N) is 2. The van der Waals surface area contributed by atoms with Gasteiger partial charge in [0.15, 0.2) is 5.82 Å². The van der Waals surface area contributed by atoms with Gasteiger partial charge in [-0.15, -0.1) is 5.10 Å². The molecule has 2 aromatic rings. The maximum atomic E-state index is 5.08. The standard InChI is InChI=1S/C12H15N3O/c1-9(8-16-2)14-12-11-6-4-3-5-10(11)7-13-15-12/h3-7,9H,8H2,1-2H3,(H,14,15). The maximum absolute atomic E-state index is 5.08. The number of hydrogen-bond donors (Lipinski definition) is 1. The zero-order valence-electron chi connectivity index (χ0n) is 9.47. The van der Waals surface area contributed by atoms with Gasteiger partial charge in [-0.3, -0.25) is 0 Å². The van der Waals surface area contributed by atoms with Crippen LogP contribution in [0.5, 0.6) is 0 Å². The van der Waals surface area contributed by atoms with Crippen LogP contribution >= 0.6 is 0 Å². The zero-order valence-corrected chi connectivity index (χ0v) is 9.47. The van der Waals surface area contributed by atoms with Crippen LogP contribution in [0.4, 0.5) is 5.82 Å². The summed E-state index contributed by atoms with van der Waals surface area (Å²) in [6.07, 6.45) is 1.77. The predicted octanol–water partition coefficient (Wildman–Crippen LogP) is 2.08. The summed E-state index contributed by atoms with van der Waals surface area (Å²) in [4.78, 5) is 0. The predicted molar refractivity (Wildman–Crippen MR) is 64.5 cm³/mol. The number of nitrogens with one attached hydrogen (secondary N) is 1. The van der Waals surface area contributed by atoms with E-state index in [9.17, 15) is 0 Å². The summed E-state index contributed by atoms with van der Waals surface area (Å²) < 4.78 is 5.08. The largest absolute Gasteiger partial charge is 0.383 e. The lowest BCUT2D eigenvalue weighted by molar-refractivity contribution is 0.190. The molecular formula is C12H15N3O. The second-order valence-corrected chi connectivity index (χ2v) is 3.78. The first kappa shape index (κ1) is 10.8. The van der Waals surface area contributed by atoms with Crippen LogP contribution in [0.3, 0.4) is 0 Å². The Balaban J connectivity index is 2.30. The van der Waals surface area contributed by atoms with Crippen molar-refractivity contribution in [2.45, 2.75) is 13.0 Å². The topological polar surface area (TPSA) is 47.0 Å². The van der Waals surface area contributed by atoms with Gasteiger partial charge < -0.3 is 10.1 Å². The van der Waals surface area contributed by atoms with Crippen LogP contribution in [0.25, 0.3) is 10.8 Å². The number of methoxy groups -OCH3 is 1. The van der Waals surface area contributed by atoms with E-state index in [4.69, 9.17) is 4.74 Å². The lowest BCUT2D eigenvalue weighted by Crippen LogP contribution is -2.21. The molecule has 0 amide bonds. The van der Waals surface area contributed by atoms with Gasteiger partial charge >= 0.3 is 0 Å². The van der Waals surface area contributed by atoms with Crippen molar-refractivity contribution in [2.75, 3.05) is 19.0 Å². The fraction of sp³-hybridized carbons (Fsp3) is 0.333. The van der Waals surface area contributed by atoms with Gasteiger partial charge in [0.1, 0.15) is 0 Å². The molecule has 2 rings (SSSR count). The highest BCUT2D eigenvalue weighted by atomic mass is 16.5. The summed E-state index contributed by atoms with van der Waals surface area (Å²) in [7, 11) is 1.69. The molecule has 0 fully saturated rings. The molecule has 0 aliphatic carbocycles. The first-order valence-electron chi connectivity index (χ1n) is 5.27. The third kappa shape index (κ3) is 2.28. The van der Waals surface area contributed by atoms with E-state index in [1.165, 1.54) is 0 Å². The van der Waals surface area contributed by atoms with Crippen LogP contribution in [-0.2, 0) is 4.74 Å². The van der Waals surface area contributed by atoms with E-state index in [2.05, 4.69) is 15.5 Å². The lowest BCUT2D eigenvalue weighted by atomic mass is 10.2. The number of benzene rings is 1. The normalized spacial score (nSPS) is 12.6. The van der Waals surface area contributed by atoms with Gasteiger partial charge in [0.25, 0.3) is 0 Å². The molecule has 1 heterocycles. The van der Waals surface area contributed by atoms with Crippen molar-refractivity contribution < 1.29 is 4.74 Å². The molecule has 1 unspecified atom stereocenters. The van der Waals surface area contributed by atoms with Gasteiger partial charge in [-0.1, -0.05) is 24.3 Å². The van der Waals surface area contributed by atoms with Crippen LogP contribution in [0, 0.1) is 0 Å². The fourth-order valence-electron chi connectivity index (χ4n) is 1.66. The highest BCUT2D eigenvalue weighted by Crippen LogP contribution is 2.19. The number of ether oxygens (including phenoxy) is 1. The van der Waals surface area contributed by atoms with E-state index in [0.29, 0.717) is 6.61 Å². The summed E-state index contributed by atoms with van der Waals surface area (Å²) in [5.74, 6) is 0.808. The van der Waals surface area contributed by atoms with Crippen LogP contribution in [0.1, 0.15) is 6.92 Å². The molecule has 4 nitrogen and oxygen atoms in total. The minimum absolute atomic E-state index is 0.213. The average Bonchev–Trinajstić information content (AvgIpc) is 2.30. The Labute approximate surface area is 94.6 Å². The molecule has 0 aliphatic rings.